The van der Waals surface area contributed by atoms with E-state index in [1.54, 1.807) is 94.9 Å². The Morgan fingerprint density at radius 1 is 0.462 bits per heavy atom. The first-order valence-corrected chi connectivity index (χ1v) is 37.4. The van der Waals surface area contributed by atoms with Gasteiger partial charge in [0.05, 0.1) is 66.5 Å². The van der Waals surface area contributed by atoms with E-state index in [1.165, 1.54) is 42.0 Å². The summed E-state index contributed by atoms with van der Waals surface area (Å²) in [6.07, 6.45) is 10.4. The number of nitrogens with zero attached hydrogens (tertiary/aromatic N) is 8. The third-order valence-electron chi connectivity index (χ3n) is 16.0. The van der Waals surface area contributed by atoms with Crippen LogP contribution < -0.4 is 0 Å². The Bertz CT molecular complexity index is 4590. The molecule has 552 valence electrons. The fourth-order valence-corrected chi connectivity index (χ4v) is 13.5. The Morgan fingerprint density at radius 2 is 0.913 bits per heavy atom. The Balaban J connectivity index is 0.000000175. The minimum atomic E-state index is -0.603. The van der Waals surface area contributed by atoms with Crippen LogP contribution in [-0.2, 0) is 38.6 Å². The predicted molar refractivity (Wildman–Crippen MR) is 405 cm³/mol. The fraction of sp³-hybridized carbons (Fsp3) is 0.338. The molecule has 0 saturated heterocycles. The molecule has 12 rings (SSSR count). The molecule has 0 radical (unpaired) electrons. The van der Waals surface area contributed by atoms with Crippen LogP contribution in [0.2, 0.25) is 15.1 Å². The molecule has 0 aliphatic carbocycles. The van der Waals surface area contributed by atoms with Crippen LogP contribution in [0.15, 0.2) is 149 Å². The van der Waals surface area contributed by atoms with E-state index in [1.807, 2.05) is 50.9 Å². The van der Waals surface area contributed by atoms with Crippen molar-refractivity contribution in [1.82, 2.24) is 34.7 Å². The number of hydrogen-bond donors (Lipinski definition) is 0. The lowest BCUT2D eigenvalue weighted by Gasteiger charge is -2.07. The van der Waals surface area contributed by atoms with Crippen molar-refractivity contribution in [2.75, 3.05) is 0 Å². The maximum atomic E-state index is 13.8. The lowest BCUT2D eigenvalue weighted by molar-refractivity contribution is 0.436. The van der Waals surface area contributed by atoms with Gasteiger partial charge in [0.25, 0.3) is 0 Å². The molecule has 0 amide bonds. The maximum absolute atomic E-state index is 13.8. The highest BCUT2D eigenvalue weighted by Gasteiger charge is 2.20. The van der Waals surface area contributed by atoms with E-state index >= 15 is 0 Å². The summed E-state index contributed by atoms with van der Waals surface area (Å²) in [6, 6.07) is 26.1. The molecular formula is C80H84Cl3F9N8OS3. The predicted octanol–water partition coefficient (Wildman–Crippen LogP) is 24.9. The standard InChI is InChI=1S/C14H15ClFNS.C14H15F2NS.C14H15F2N.C13H14ClFN2.C13H13ClFNS.C12H12F2N2O/c1-8(2)14-17-9(3)12(18-14)7-10-5-4-6-11(15)13(10)16;1-8(2)14-17-9(3)13(18-14)6-10-4-5-11(15)7-12(10)16;1-9(2)11-6-13(17-8-11)5-10-3-4-12(15)7-14(10)16;1-9(2)12-7-17(8-16-12)6-10-4-3-5-11(14)13(10)15;1-8(2)13-16-7-10(17-13)6-9-4-3-5-11(14)12(9)15;1-7(2)12-16-15-11(17-12)5-8-3-4-9(13)6-10(8)14/h4-6,8H,7H2,1-3H3;4-5,7-8H,6H2,1-3H3;3-4,7-9H,5-6H2,1-2H3;3-5,7-9H,6H2,1-2H3;3-5,7-8H,6H2,1-2H3;3-4,6-7H,5H2,1-2H3. The third kappa shape index (κ3) is 24.9. The largest absolute Gasteiger partial charge is 0.425 e. The SMILES string of the molecule is CC(C)C1=CN=C(Cc2ccc(F)cc2F)C1.CC(C)c1cn(Cc2cccc(Cl)c2F)cn1.CC(C)c1ncc(Cc2cccc(Cl)c2F)s1.CC(C)c1nnc(Cc2ccc(F)cc2F)o1.Cc1nc(C(C)C)sc1Cc1ccc(F)cc1F.Cc1nc(C(C)C)sc1Cc1cccc(Cl)c1F. The van der Waals surface area contributed by atoms with Crippen LogP contribution in [-0.4, -0.2) is 40.4 Å². The molecule has 6 aromatic carbocycles. The Labute approximate surface area is 630 Å². The average molecular weight is 1550 g/mol. The van der Waals surface area contributed by atoms with Crippen LogP contribution in [0.3, 0.4) is 0 Å². The molecule has 1 aliphatic heterocycles. The number of imidazole rings is 1. The second-order valence-corrected chi connectivity index (χ2v) is 31.1. The Morgan fingerprint density at radius 3 is 1.33 bits per heavy atom. The Hall–Kier alpha value is -7.79. The lowest BCUT2D eigenvalue weighted by atomic mass is 9.97. The molecule has 0 atom stereocenters. The number of aliphatic imine (C=N–C) groups is 1. The summed E-state index contributed by atoms with van der Waals surface area (Å²) in [5.41, 5.74) is 8.32. The summed E-state index contributed by atoms with van der Waals surface area (Å²) < 4.78 is 127. The van der Waals surface area contributed by atoms with Gasteiger partial charge in [-0.1, -0.05) is 172 Å². The zero-order valence-electron chi connectivity index (χ0n) is 60.4. The summed E-state index contributed by atoms with van der Waals surface area (Å²) >= 11 is 22.2. The number of hydrogen-bond acceptors (Lipinski definition) is 11. The van der Waals surface area contributed by atoms with Crippen LogP contribution in [0.25, 0.3) is 0 Å². The van der Waals surface area contributed by atoms with Gasteiger partial charge in [-0.2, -0.15) is 0 Å². The highest BCUT2D eigenvalue weighted by Crippen LogP contribution is 2.32. The van der Waals surface area contributed by atoms with Crippen LogP contribution in [0.1, 0.15) is 211 Å². The van der Waals surface area contributed by atoms with Crippen molar-refractivity contribution >= 4 is 74.5 Å². The zero-order chi connectivity index (χ0) is 76.2. The van der Waals surface area contributed by atoms with Crippen LogP contribution >= 0.6 is 68.8 Å². The molecular weight excluding hydrogens is 1460 g/mol. The second kappa shape index (κ2) is 39.5. The number of aryl methyl sites for hydroxylation is 2. The van der Waals surface area contributed by atoms with Crippen LogP contribution in [0.4, 0.5) is 39.5 Å². The normalized spacial score (nSPS) is 11.8. The van der Waals surface area contributed by atoms with Gasteiger partial charge < -0.3 is 8.98 Å². The molecule has 0 unspecified atom stereocenters. The molecule has 11 aromatic rings. The monoisotopic (exact) mass is 1540 g/mol. The number of aromatic nitrogens is 7. The molecule has 0 saturated carbocycles. The van der Waals surface area contributed by atoms with Gasteiger partial charge in [-0.05, 0) is 95.5 Å². The van der Waals surface area contributed by atoms with Gasteiger partial charge in [0.2, 0.25) is 11.8 Å². The van der Waals surface area contributed by atoms with Crippen molar-refractivity contribution in [2.24, 2.45) is 10.9 Å². The van der Waals surface area contributed by atoms with Crippen molar-refractivity contribution in [3.63, 3.8) is 0 Å². The molecule has 0 bridgehead atoms. The minimum Gasteiger partial charge on any atom is -0.425 e. The Kier molecular flexibility index (Phi) is 31.7. The molecule has 6 heterocycles. The van der Waals surface area contributed by atoms with Gasteiger partial charge in [-0.25, -0.2) is 59.4 Å². The fourth-order valence-electron chi connectivity index (χ4n) is 9.84. The van der Waals surface area contributed by atoms with E-state index < -0.39 is 34.9 Å². The summed E-state index contributed by atoms with van der Waals surface area (Å²) in [5, 5.41) is 11.4. The molecule has 0 spiro atoms. The van der Waals surface area contributed by atoms with Gasteiger partial charge in [0.1, 0.15) is 52.4 Å². The lowest BCUT2D eigenvalue weighted by Crippen LogP contribution is -2.05. The maximum Gasteiger partial charge on any atom is 0.221 e. The van der Waals surface area contributed by atoms with Crippen molar-refractivity contribution in [3.8, 4) is 0 Å². The van der Waals surface area contributed by atoms with E-state index in [0.29, 0.717) is 107 Å². The second-order valence-electron chi connectivity index (χ2n) is 26.5. The smallest absolute Gasteiger partial charge is 0.221 e. The van der Waals surface area contributed by atoms with Gasteiger partial charge in [-0.3, -0.25) is 4.99 Å². The van der Waals surface area contributed by atoms with Gasteiger partial charge >= 0.3 is 0 Å². The van der Waals surface area contributed by atoms with Crippen LogP contribution in [0.5, 0.6) is 0 Å². The van der Waals surface area contributed by atoms with Crippen molar-refractivity contribution in [3.05, 3.63) is 299 Å². The quantitative estimate of drug-likeness (QED) is 0.0788. The van der Waals surface area contributed by atoms with Crippen LogP contribution in [0, 0.1) is 72.1 Å². The number of halogens is 12. The number of allylic oxidation sites excluding steroid dienone is 1. The topological polar surface area (TPSA) is 108 Å². The molecule has 24 heteroatoms. The first-order valence-electron chi connectivity index (χ1n) is 33.8. The molecule has 9 nitrogen and oxygen atoms in total. The highest BCUT2D eigenvalue weighted by molar-refractivity contribution is 7.12. The summed E-state index contributed by atoms with van der Waals surface area (Å²) in [4.78, 5) is 25.1. The first kappa shape index (κ1) is 83.5. The van der Waals surface area contributed by atoms with Crippen molar-refractivity contribution in [2.45, 2.75) is 172 Å². The molecule has 0 fully saturated rings. The zero-order valence-corrected chi connectivity index (χ0v) is 65.1. The van der Waals surface area contributed by atoms with Crippen molar-refractivity contribution < 1.29 is 43.9 Å². The van der Waals surface area contributed by atoms with E-state index in [0.717, 1.165) is 77.1 Å². The van der Waals surface area contributed by atoms with Crippen molar-refractivity contribution in [1.29, 1.82) is 0 Å². The van der Waals surface area contributed by atoms with E-state index in [4.69, 9.17) is 39.2 Å². The summed E-state index contributed by atoms with van der Waals surface area (Å²) in [5.74, 6) is -1.24. The van der Waals surface area contributed by atoms with Gasteiger partial charge in [-0.15, -0.1) is 44.2 Å². The van der Waals surface area contributed by atoms with E-state index in [2.05, 4.69) is 104 Å². The average Bonchev–Trinajstić information content (AvgIpc) is 1.68. The summed E-state index contributed by atoms with van der Waals surface area (Å²) in [6.45, 7) is 29.2. The van der Waals surface area contributed by atoms with Gasteiger partial charge in [0.15, 0.2) is 0 Å². The number of thiazole rings is 3. The molecule has 5 aromatic heterocycles. The molecule has 1 aliphatic rings. The molecule has 104 heavy (non-hydrogen) atoms. The number of benzene rings is 6. The van der Waals surface area contributed by atoms with E-state index in [9.17, 15) is 39.5 Å². The number of rotatable bonds is 18. The van der Waals surface area contributed by atoms with E-state index in [-0.39, 0.29) is 44.9 Å². The highest BCUT2D eigenvalue weighted by atomic mass is 35.5. The summed E-state index contributed by atoms with van der Waals surface area (Å²) in [7, 11) is 0. The minimum absolute atomic E-state index is 0.134. The first-order chi connectivity index (χ1) is 49.2. The molecule has 0 N–H and O–H groups in total. The third-order valence-corrected chi connectivity index (χ3v) is 21.0. The van der Waals surface area contributed by atoms with Gasteiger partial charge in [0, 0.05) is 118 Å².